The largest absolute Gasteiger partial charge is 0.357 e. The molecule has 0 heterocycles. The second-order valence-electron chi connectivity index (χ2n) is 6.06. The Morgan fingerprint density at radius 3 is 2.30 bits per heavy atom. The van der Waals surface area contributed by atoms with Crippen molar-refractivity contribution in [1.29, 1.82) is 0 Å². The molecule has 0 bridgehead atoms. The van der Waals surface area contributed by atoms with Gasteiger partial charge in [0, 0.05) is 24.4 Å². The van der Waals surface area contributed by atoms with Gasteiger partial charge in [0.05, 0.1) is 5.75 Å². The summed E-state index contributed by atoms with van der Waals surface area (Å²) < 4.78 is 13.0. The number of halogens is 2. The summed E-state index contributed by atoms with van der Waals surface area (Å²) in [6.45, 7) is 2.03. The number of likely N-dealkylation sites (N-methyl/N-ethyl adjacent to an activating group) is 1. The number of nitrogens with one attached hydrogen (secondary N) is 1. The first-order valence-electron chi connectivity index (χ1n) is 8.48. The summed E-state index contributed by atoms with van der Waals surface area (Å²) in [7, 11) is 1.55. The Bertz CT molecular complexity index is 769. The van der Waals surface area contributed by atoms with Crippen molar-refractivity contribution in [3.8, 4) is 0 Å². The SMILES string of the molecule is CNC(=O)C(C)N(Cc1ccc(Cl)cc1)C(=O)CSCc1ccc(F)cc1. The first kappa shape index (κ1) is 21.3. The zero-order valence-electron chi connectivity index (χ0n) is 15.2. The highest BCUT2D eigenvalue weighted by atomic mass is 35.5. The Morgan fingerprint density at radius 2 is 1.70 bits per heavy atom. The number of carbonyl (C=O) groups excluding carboxylic acids is 2. The molecule has 1 unspecified atom stereocenters. The minimum Gasteiger partial charge on any atom is -0.357 e. The van der Waals surface area contributed by atoms with Gasteiger partial charge >= 0.3 is 0 Å². The van der Waals surface area contributed by atoms with Gasteiger partial charge in [-0.05, 0) is 42.3 Å². The summed E-state index contributed by atoms with van der Waals surface area (Å²) in [4.78, 5) is 26.4. The summed E-state index contributed by atoms with van der Waals surface area (Å²) >= 11 is 7.34. The quantitative estimate of drug-likeness (QED) is 0.721. The van der Waals surface area contributed by atoms with Crippen LogP contribution in [-0.4, -0.2) is 35.6 Å². The van der Waals surface area contributed by atoms with Crippen molar-refractivity contribution in [2.45, 2.75) is 25.3 Å². The Morgan fingerprint density at radius 1 is 1.11 bits per heavy atom. The van der Waals surface area contributed by atoms with E-state index in [1.807, 2.05) is 12.1 Å². The van der Waals surface area contributed by atoms with Crippen molar-refractivity contribution >= 4 is 35.2 Å². The first-order chi connectivity index (χ1) is 12.9. The summed E-state index contributed by atoms with van der Waals surface area (Å²) in [6.07, 6.45) is 0. The van der Waals surface area contributed by atoms with E-state index in [1.54, 1.807) is 43.1 Å². The van der Waals surface area contributed by atoms with Crippen molar-refractivity contribution in [3.05, 3.63) is 70.5 Å². The van der Waals surface area contributed by atoms with E-state index < -0.39 is 6.04 Å². The molecule has 0 aliphatic rings. The van der Waals surface area contributed by atoms with Crippen molar-refractivity contribution < 1.29 is 14.0 Å². The van der Waals surface area contributed by atoms with Crippen molar-refractivity contribution in [3.63, 3.8) is 0 Å². The second kappa shape index (κ2) is 10.3. The minimum atomic E-state index is -0.593. The minimum absolute atomic E-state index is 0.131. The standard InChI is InChI=1S/C20H22ClFN2O2S/c1-14(20(26)23-2)24(11-15-3-7-17(21)8-4-15)19(25)13-27-12-16-5-9-18(22)10-6-16/h3-10,14H,11-13H2,1-2H3,(H,23,26). The summed E-state index contributed by atoms with van der Waals surface area (Å²) in [5, 5.41) is 3.20. The molecule has 1 atom stereocenters. The number of hydrogen-bond donors (Lipinski definition) is 1. The van der Waals surface area contributed by atoms with Crippen molar-refractivity contribution in [2.75, 3.05) is 12.8 Å². The van der Waals surface area contributed by atoms with Gasteiger partial charge in [-0.3, -0.25) is 9.59 Å². The molecule has 144 valence electrons. The van der Waals surface area contributed by atoms with Gasteiger partial charge in [-0.15, -0.1) is 11.8 Å². The number of hydrogen-bond acceptors (Lipinski definition) is 3. The van der Waals surface area contributed by atoms with Crippen molar-refractivity contribution in [1.82, 2.24) is 10.2 Å². The average molecular weight is 409 g/mol. The molecule has 2 aromatic rings. The molecule has 2 aromatic carbocycles. The lowest BCUT2D eigenvalue weighted by Crippen LogP contribution is -2.47. The highest BCUT2D eigenvalue weighted by Gasteiger charge is 2.25. The zero-order valence-corrected chi connectivity index (χ0v) is 16.8. The lowest BCUT2D eigenvalue weighted by atomic mass is 10.1. The van der Waals surface area contributed by atoms with Crippen LogP contribution in [0.5, 0.6) is 0 Å². The van der Waals surface area contributed by atoms with Crippen LogP contribution in [0.2, 0.25) is 5.02 Å². The van der Waals surface area contributed by atoms with Gasteiger partial charge in [-0.25, -0.2) is 4.39 Å². The zero-order chi connectivity index (χ0) is 19.8. The molecule has 2 rings (SSSR count). The summed E-state index contributed by atoms with van der Waals surface area (Å²) in [5.74, 6) is 0.184. The number of rotatable bonds is 8. The number of amides is 2. The fraction of sp³-hybridized carbons (Fsp3) is 0.300. The lowest BCUT2D eigenvalue weighted by Gasteiger charge is -2.28. The normalized spacial score (nSPS) is 11.7. The molecule has 0 aliphatic carbocycles. The second-order valence-corrected chi connectivity index (χ2v) is 7.48. The molecule has 0 fully saturated rings. The summed E-state index contributed by atoms with van der Waals surface area (Å²) in [5.41, 5.74) is 1.84. The van der Waals surface area contributed by atoms with E-state index in [-0.39, 0.29) is 23.4 Å². The third-order valence-electron chi connectivity index (χ3n) is 4.09. The van der Waals surface area contributed by atoms with Gasteiger partial charge in [-0.1, -0.05) is 35.9 Å². The molecule has 0 radical (unpaired) electrons. The van der Waals surface area contributed by atoms with E-state index in [0.717, 1.165) is 11.1 Å². The molecule has 0 aliphatic heterocycles. The fourth-order valence-electron chi connectivity index (χ4n) is 2.50. The number of nitrogens with zero attached hydrogens (tertiary/aromatic N) is 1. The predicted octanol–water partition coefficient (Wildman–Crippen LogP) is 3.88. The maximum Gasteiger partial charge on any atom is 0.242 e. The van der Waals surface area contributed by atoms with Crippen LogP contribution in [0.15, 0.2) is 48.5 Å². The molecule has 0 saturated heterocycles. The van der Waals surface area contributed by atoms with Gasteiger partial charge in [0.2, 0.25) is 11.8 Å². The Balaban J connectivity index is 2.02. The van der Waals surface area contributed by atoms with E-state index in [2.05, 4.69) is 5.32 Å². The molecule has 27 heavy (non-hydrogen) atoms. The van der Waals surface area contributed by atoms with Gasteiger partial charge in [0.25, 0.3) is 0 Å². The van der Waals surface area contributed by atoms with Crippen LogP contribution in [-0.2, 0) is 21.9 Å². The molecule has 0 saturated carbocycles. The molecular formula is C20H22ClFN2O2S. The molecule has 2 amide bonds. The Labute approximate surface area is 168 Å². The number of thioether (sulfide) groups is 1. The number of benzene rings is 2. The molecule has 0 aromatic heterocycles. The molecule has 7 heteroatoms. The van der Waals surface area contributed by atoms with Crippen molar-refractivity contribution in [2.24, 2.45) is 0 Å². The predicted molar refractivity (Wildman–Crippen MR) is 108 cm³/mol. The highest BCUT2D eigenvalue weighted by molar-refractivity contribution is 7.99. The van der Waals surface area contributed by atoms with Crippen LogP contribution in [0.1, 0.15) is 18.1 Å². The van der Waals surface area contributed by atoms with Gasteiger partial charge < -0.3 is 10.2 Å². The van der Waals surface area contributed by atoms with Gasteiger partial charge in [0.15, 0.2) is 0 Å². The number of carbonyl (C=O) groups is 2. The van der Waals surface area contributed by atoms with E-state index in [0.29, 0.717) is 17.3 Å². The first-order valence-corrected chi connectivity index (χ1v) is 10.0. The van der Waals surface area contributed by atoms with Gasteiger partial charge in [-0.2, -0.15) is 0 Å². The van der Waals surface area contributed by atoms with Crippen LogP contribution in [0.3, 0.4) is 0 Å². The Hall–Kier alpha value is -2.05. The van der Waals surface area contributed by atoms with E-state index >= 15 is 0 Å². The molecular weight excluding hydrogens is 387 g/mol. The maximum absolute atomic E-state index is 13.0. The van der Waals surface area contributed by atoms with E-state index in [4.69, 9.17) is 11.6 Å². The summed E-state index contributed by atoms with van der Waals surface area (Å²) in [6, 6.07) is 12.8. The maximum atomic E-state index is 13.0. The monoisotopic (exact) mass is 408 g/mol. The molecule has 1 N–H and O–H groups in total. The van der Waals surface area contributed by atoms with Crippen LogP contribution < -0.4 is 5.32 Å². The third kappa shape index (κ3) is 6.56. The van der Waals surface area contributed by atoms with Crippen LogP contribution in [0, 0.1) is 5.82 Å². The fourth-order valence-corrected chi connectivity index (χ4v) is 3.49. The highest BCUT2D eigenvalue weighted by Crippen LogP contribution is 2.17. The van der Waals surface area contributed by atoms with Crippen LogP contribution in [0.4, 0.5) is 4.39 Å². The lowest BCUT2D eigenvalue weighted by molar-refractivity contribution is -0.138. The molecule has 4 nitrogen and oxygen atoms in total. The Kier molecular flexibility index (Phi) is 8.13. The molecule has 0 spiro atoms. The third-order valence-corrected chi connectivity index (χ3v) is 5.33. The van der Waals surface area contributed by atoms with Gasteiger partial charge in [0.1, 0.15) is 11.9 Å². The van der Waals surface area contributed by atoms with E-state index in [1.165, 1.54) is 23.9 Å². The topological polar surface area (TPSA) is 49.4 Å². The van der Waals surface area contributed by atoms with Crippen LogP contribution >= 0.6 is 23.4 Å². The van der Waals surface area contributed by atoms with E-state index in [9.17, 15) is 14.0 Å². The van der Waals surface area contributed by atoms with Crippen LogP contribution in [0.25, 0.3) is 0 Å². The smallest absolute Gasteiger partial charge is 0.242 e. The average Bonchev–Trinajstić information content (AvgIpc) is 2.67.